The van der Waals surface area contributed by atoms with Gasteiger partial charge in [0.15, 0.2) is 0 Å². The minimum Gasteiger partial charge on any atom is -0.376 e. The van der Waals surface area contributed by atoms with E-state index in [0.717, 1.165) is 70.0 Å². The molecule has 37 heavy (non-hydrogen) atoms. The van der Waals surface area contributed by atoms with Crippen molar-refractivity contribution in [1.29, 1.82) is 0 Å². The van der Waals surface area contributed by atoms with E-state index in [-0.39, 0.29) is 4.90 Å². The molecular formula is C27H21Cl2FN2O4S. The lowest BCUT2D eigenvalue weighted by atomic mass is 10.1. The van der Waals surface area contributed by atoms with Crippen molar-refractivity contribution in [2.45, 2.75) is 24.5 Å². The Morgan fingerprint density at radius 3 is 2.65 bits per heavy atom. The number of para-hydroxylation sites is 1. The first-order valence-electron chi connectivity index (χ1n) is 11.4. The third-order valence-corrected chi connectivity index (χ3v) is 8.13. The van der Waals surface area contributed by atoms with Crippen molar-refractivity contribution in [1.82, 2.24) is 9.29 Å². The fourth-order valence-corrected chi connectivity index (χ4v) is 5.90. The van der Waals surface area contributed by atoms with E-state index in [4.69, 9.17) is 27.9 Å². The quantitative estimate of drug-likeness (QED) is 0.307. The predicted octanol–water partition coefficient (Wildman–Crippen LogP) is 5.73. The van der Waals surface area contributed by atoms with Gasteiger partial charge in [0.05, 0.1) is 23.6 Å². The highest BCUT2D eigenvalue weighted by Crippen LogP contribution is 2.34. The van der Waals surface area contributed by atoms with Crippen LogP contribution in [0.3, 0.4) is 0 Å². The van der Waals surface area contributed by atoms with E-state index >= 15 is 0 Å². The van der Waals surface area contributed by atoms with E-state index in [1.807, 2.05) is 29.0 Å². The Balaban J connectivity index is 1.51. The van der Waals surface area contributed by atoms with E-state index in [1.54, 1.807) is 18.2 Å². The number of rotatable bonds is 6. The summed E-state index contributed by atoms with van der Waals surface area (Å²) >= 11 is 12.6. The average Bonchev–Trinajstić information content (AvgIpc) is 3.18. The molecule has 0 saturated heterocycles. The normalized spacial score (nSPS) is 13.7. The molecule has 0 fully saturated rings. The van der Waals surface area contributed by atoms with Crippen molar-refractivity contribution in [2.24, 2.45) is 0 Å². The Hall–Kier alpha value is -3.17. The van der Waals surface area contributed by atoms with Gasteiger partial charge in [-0.25, -0.2) is 17.5 Å². The number of fused-ring (bicyclic) bond motifs is 3. The fraction of sp³-hybridized carbons (Fsp3) is 0.148. The molecule has 3 aromatic carbocycles. The van der Waals surface area contributed by atoms with Gasteiger partial charge in [-0.05, 0) is 53.6 Å². The van der Waals surface area contributed by atoms with Crippen LogP contribution in [0.1, 0.15) is 22.4 Å². The first-order valence-corrected chi connectivity index (χ1v) is 13.6. The van der Waals surface area contributed by atoms with Gasteiger partial charge in [0.1, 0.15) is 5.82 Å². The van der Waals surface area contributed by atoms with Crippen molar-refractivity contribution >= 4 is 56.1 Å². The van der Waals surface area contributed by atoms with Crippen molar-refractivity contribution in [3.63, 3.8) is 0 Å². The SMILES string of the molecule is O=C(/C=C/c1cccc2c3c(n(Cc4ccc(Cl)cc4Cl)c12)CCOC3)NS(=O)(=O)c1ccc(F)cc1. The third kappa shape index (κ3) is 5.29. The molecule has 0 aliphatic carbocycles. The van der Waals surface area contributed by atoms with Crippen LogP contribution in [0.25, 0.3) is 17.0 Å². The van der Waals surface area contributed by atoms with Crippen molar-refractivity contribution in [2.75, 3.05) is 6.61 Å². The Labute approximate surface area is 223 Å². The lowest BCUT2D eigenvalue weighted by molar-refractivity contribution is -0.114. The summed E-state index contributed by atoms with van der Waals surface area (Å²) in [6.45, 7) is 1.54. The minimum absolute atomic E-state index is 0.209. The van der Waals surface area contributed by atoms with E-state index in [9.17, 15) is 17.6 Å². The van der Waals surface area contributed by atoms with Crippen LogP contribution in [0.4, 0.5) is 4.39 Å². The first kappa shape index (κ1) is 25.5. The smallest absolute Gasteiger partial charge is 0.264 e. The van der Waals surface area contributed by atoms with Gasteiger partial charge < -0.3 is 9.30 Å². The first-order chi connectivity index (χ1) is 17.7. The Morgan fingerprint density at radius 2 is 1.89 bits per heavy atom. The van der Waals surface area contributed by atoms with Gasteiger partial charge in [0.2, 0.25) is 0 Å². The molecule has 10 heteroatoms. The summed E-state index contributed by atoms with van der Waals surface area (Å²) in [5.41, 5.74) is 4.70. The van der Waals surface area contributed by atoms with Crippen molar-refractivity contribution in [3.8, 4) is 0 Å². The molecule has 4 aromatic rings. The fourth-order valence-electron chi connectivity index (χ4n) is 4.48. The van der Waals surface area contributed by atoms with Crippen molar-refractivity contribution < 1.29 is 22.3 Å². The summed E-state index contributed by atoms with van der Waals surface area (Å²) in [7, 11) is -4.15. The number of sulfonamides is 1. The number of carbonyl (C=O) groups is 1. The van der Waals surface area contributed by atoms with Gasteiger partial charge >= 0.3 is 0 Å². The van der Waals surface area contributed by atoms with Gasteiger partial charge in [-0.15, -0.1) is 0 Å². The van der Waals surface area contributed by atoms with Crippen LogP contribution in [0.5, 0.6) is 0 Å². The zero-order valence-electron chi connectivity index (χ0n) is 19.4. The number of aromatic nitrogens is 1. The van der Waals surface area contributed by atoms with E-state index < -0.39 is 21.7 Å². The number of nitrogens with zero attached hydrogens (tertiary/aromatic N) is 1. The Morgan fingerprint density at radius 1 is 1.11 bits per heavy atom. The van der Waals surface area contributed by atoms with Crippen LogP contribution in [-0.4, -0.2) is 25.5 Å². The van der Waals surface area contributed by atoms with E-state index in [2.05, 4.69) is 4.57 Å². The lowest BCUT2D eigenvalue weighted by Gasteiger charge is -2.17. The number of hydrogen-bond acceptors (Lipinski definition) is 4. The van der Waals surface area contributed by atoms with Crippen LogP contribution in [0.15, 0.2) is 71.6 Å². The van der Waals surface area contributed by atoms with E-state index in [1.165, 1.54) is 0 Å². The number of nitrogens with one attached hydrogen (secondary N) is 1. The highest BCUT2D eigenvalue weighted by molar-refractivity contribution is 7.90. The summed E-state index contributed by atoms with van der Waals surface area (Å²) in [5.74, 6) is -1.40. The molecule has 5 rings (SSSR count). The molecule has 0 bridgehead atoms. The maximum atomic E-state index is 13.2. The molecule has 0 spiro atoms. The standard InChI is InChI=1S/C27H21Cl2FN2O4S/c28-19-6-4-18(24(29)14-19)15-32-25-12-13-36-16-23(25)22-3-1-2-17(27(22)32)5-11-26(33)31-37(34,35)21-9-7-20(30)8-10-21/h1-11,14H,12-13,15-16H2,(H,31,33)/b11-5+. The second kappa shape index (κ2) is 10.3. The number of ether oxygens (including phenoxy) is 1. The molecule has 1 aromatic heterocycles. The lowest BCUT2D eigenvalue weighted by Crippen LogP contribution is -2.28. The summed E-state index contributed by atoms with van der Waals surface area (Å²) in [5, 5.41) is 2.08. The van der Waals surface area contributed by atoms with Crippen LogP contribution < -0.4 is 4.72 Å². The van der Waals surface area contributed by atoms with Crippen molar-refractivity contribution in [3.05, 3.63) is 105 Å². The molecule has 190 valence electrons. The Kier molecular flexibility index (Phi) is 7.09. The molecule has 0 radical (unpaired) electrons. The second-order valence-corrected chi connectivity index (χ2v) is 11.1. The molecule has 0 saturated carbocycles. The maximum absolute atomic E-state index is 13.2. The highest BCUT2D eigenvalue weighted by atomic mass is 35.5. The molecule has 2 heterocycles. The minimum atomic E-state index is -4.15. The third-order valence-electron chi connectivity index (χ3n) is 6.18. The maximum Gasteiger partial charge on any atom is 0.264 e. The number of hydrogen-bond donors (Lipinski definition) is 1. The zero-order chi connectivity index (χ0) is 26.2. The molecule has 1 N–H and O–H groups in total. The molecule has 1 amide bonds. The van der Waals surface area contributed by atoms with Crippen LogP contribution >= 0.6 is 23.2 Å². The highest BCUT2D eigenvalue weighted by Gasteiger charge is 2.23. The summed E-state index contributed by atoms with van der Waals surface area (Å²) in [4.78, 5) is 12.3. The number of benzene rings is 3. The topological polar surface area (TPSA) is 77.4 Å². The number of amides is 1. The molecule has 0 atom stereocenters. The number of carbonyl (C=O) groups excluding carboxylic acids is 1. The summed E-state index contributed by atoms with van der Waals surface area (Å²) < 4.78 is 48.0. The van der Waals surface area contributed by atoms with Crippen LogP contribution in [0.2, 0.25) is 10.0 Å². The van der Waals surface area contributed by atoms with Gasteiger partial charge in [-0.3, -0.25) is 4.79 Å². The largest absolute Gasteiger partial charge is 0.376 e. The monoisotopic (exact) mass is 558 g/mol. The van der Waals surface area contributed by atoms with Gasteiger partial charge in [-0.2, -0.15) is 0 Å². The molecule has 0 unspecified atom stereocenters. The molecule has 6 nitrogen and oxygen atoms in total. The molecular weight excluding hydrogens is 538 g/mol. The predicted molar refractivity (Wildman–Crippen MR) is 142 cm³/mol. The van der Waals surface area contributed by atoms with Crippen LogP contribution in [-0.2, 0) is 39.1 Å². The zero-order valence-corrected chi connectivity index (χ0v) is 21.7. The number of halogens is 3. The van der Waals surface area contributed by atoms with Gasteiger partial charge in [0, 0.05) is 45.7 Å². The molecule has 1 aliphatic heterocycles. The van der Waals surface area contributed by atoms with Gasteiger partial charge in [-0.1, -0.05) is 47.5 Å². The average molecular weight is 559 g/mol. The summed E-state index contributed by atoms with van der Waals surface area (Å²) in [6.07, 6.45) is 3.46. The van der Waals surface area contributed by atoms with Crippen LogP contribution in [0, 0.1) is 5.82 Å². The summed E-state index contributed by atoms with van der Waals surface area (Å²) in [6, 6.07) is 15.3. The second-order valence-electron chi connectivity index (χ2n) is 8.55. The van der Waals surface area contributed by atoms with Gasteiger partial charge in [0.25, 0.3) is 15.9 Å². The van der Waals surface area contributed by atoms with E-state index in [0.29, 0.717) is 29.8 Å². The molecule has 1 aliphatic rings. The Bertz CT molecular complexity index is 1650.